The van der Waals surface area contributed by atoms with E-state index in [0.717, 1.165) is 6.07 Å². The van der Waals surface area contributed by atoms with Gasteiger partial charge in [0.05, 0.1) is 6.10 Å². The van der Waals surface area contributed by atoms with Gasteiger partial charge in [-0.2, -0.15) is 9.57 Å². The average Bonchev–Trinajstić information content (AvgIpc) is 2.88. The Kier molecular flexibility index (Phi) is 4.09. The standard InChI is InChI=1S/C13H15FN2O3S/c1-9(17)10-5-6-16(8-10)20(18,19)13-4-2-3-12(14)11(13)7-15/h2-4,9-10,17H,5-6,8H2,1H3. The van der Waals surface area contributed by atoms with Crippen LogP contribution in [0.15, 0.2) is 23.1 Å². The summed E-state index contributed by atoms with van der Waals surface area (Å²) in [4.78, 5) is -0.314. The van der Waals surface area contributed by atoms with Gasteiger partial charge in [-0.3, -0.25) is 0 Å². The molecule has 1 aromatic carbocycles. The molecule has 1 aliphatic heterocycles. The lowest BCUT2D eigenvalue weighted by atomic mass is 10.0. The smallest absolute Gasteiger partial charge is 0.244 e. The lowest BCUT2D eigenvalue weighted by molar-refractivity contribution is 0.133. The van der Waals surface area contributed by atoms with Gasteiger partial charge in [0.1, 0.15) is 22.3 Å². The van der Waals surface area contributed by atoms with Crippen LogP contribution in [0.25, 0.3) is 0 Å². The minimum atomic E-state index is -3.91. The second-order valence-electron chi connectivity index (χ2n) is 4.88. The first kappa shape index (κ1) is 14.9. The Bertz CT molecular complexity index is 652. The van der Waals surface area contributed by atoms with Crippen LogP contribution in [0.3, 0.4) is 0 Å². The molecule has 5 nitrogen and oxygen atoms in total. The first-order chi connectivity index (χ1) is 9.37. The molecule has 0 bridgehead atoms. The van der Waals surface area contributed by atoms with Gasteiger partial charge < -0.3 is 5.11 Å². The quantitative estimate of drug-likeness (QED) is 0.905. The summed E-state index contributed by atoms with van der Waals surface area (Å²) in [5.74, 6) is -0.983. The molecule has 1 heterocycles. The number of hydrogen-bond acceptors (Lipinski definition) is 4. The predicted molar refractivity (Wildman–Crippen MR) is 69.7 cm³/mol. The number of nitrogens with zero attached hydrogens (tertiary/aromatic N) is 2. The van der Waals surface area contributed by atoms with E-state index in [1.807, 2.05) is 0 Å². The Balaban J connectivity index is 2.38. The molecule has 0 aromatic heterocycles. The van der Waals surface area contributed by atoms with Crippen LogP contribution in [0.4, 0.5) is 4.39 Å². The van der Waals surface area contributed by atoms with Gasteiger partial charge in [0.2, 0.25) is 10.0 Å². The van der Waals surface area contributed by atoms with E-state index >= 15 is 0 Å². The fourth-order valence-corrected chi connectivity index (χ4v) is 4.00. The van der Waals surface area contributed by atoms with Gasteiger partial charge in [-0.05, 0) is 31.4 Å². The van der Waals surface area contributed by atoms with Crippen LogP contribution >= 0.6 is 0 Å². The Hall–Kier alpha value is -1.49. The molecule has 7 heteroatoms. The number of rotatable bonds is 3. The topological polar surface area (TPSA) is 81.4 Å². The van der Waals surface area contributed by atoms with Gasteiger partial charge in [-0.1, -0.05) is 6.07 Å². The molecule has 0 saturated carbocycles. The second-order valence-corrected chi connectivity index (χ2v) is 6.78. The highest BCUT2D eigenvalue weighted by molar-refractivity contribution is 7.89. The van der Waals surface area contributed by atoms with Gasteiger partial charge in [-0.25, -0.2) is 12.8 Å². The Morgan fingerprint density at radius 3 is 2.80 bits per heavy atom. The highest BCUT2D eigenvalue weighted by Crippen LogP contribution is 2.28. The molecule has 0 amide bonds. The first-order valence-corrected chi connectivity index (χ1v) is 7.68. The monoisotopic (exact) mass is 298 g/mol. The summed E-state index contributed by atoms with van der Waals surface area (Å²) in [6.07, 6.45) is -0.0492. The molecule has 1 N–H and O–H groups in total. The highest BCUT2D eigenvalue weighted by Gasteiger charge is 2.36. The van der Waals surface area contributed by atoms with E-state index in [1.54, 1.807) is 13.0 Å². The predicted octanol–water partition coefficient (Wildman–Crippen LogP) is 1.09. The Morgan fingerprint density at radius 2 is 2.25 bits per heavy atom. The Morgan fingerprint density at radius 1 is 1.55 bits per heavy atom. The van der Waals surface area contributed by atoms with Crippen LogP contribution in [0, 0.1) is 23.1 Å². The maximum Gasteiger partial charge on any atom is 0.244 e. The minimum absolute atomic E-state index is 0.135. The number of nitriles is 1. The van der Waals surface area contributed by atoms with E-state index in [0.29, 0.717) is 6.42 Å². The number of halogens is 1. The largest absolute Gasteiger partial charge is 0.393 e. The third kappa shape index (κ3) is 2.54. The third-order valence-electron chi connectivity index (χ3n) is 3.57. The molecule has 1 fully saturated rings. The number of aliphatic hydroxyl groups is 1. The zero-order valence-electron chi connectivity index (χ0n) is 11.0. The van der Waals surface area contributed by atoms with Crippen molar-refractivity contribution in [1.82, 2.24) is 4.31 Å². The number of sulfonamides is 1. The van der Waals surface area contributed by atoms with Crippen LogP contribution in [0.1, 0.15) is 18.9 Å². The van der Waals surface area contributed by atoms with Crippen molar-refractivity contribution >= 4 is 10.0 Å². The Labute approximate surface area is 117 Å². The molecule has 0 aliphatic carbocycles. The van der Waals surface area contributed by atoms with Crippen molar-refractivity contribution in [3.63, 3.8) is 0 Å². The summed E-state index contributed by atoms with van der Waals surface area (Å²) >= 11 is 0. The molecular formula is C13H15FN2O3S. The van der Waals surface area contributed by atoms with E-state index in [9.17, 15) is 17.9 Å². The van der Waals surface area contributed by atoms with Gasteiger partial charge in [0.25, 0.3) is 0 Å². The minimum Gasteiger partial charge on any atom is -0.393 e. The second kappa shape index (κ2) is 5.48. The summed E-state index contributed by atoms with van der Waals surface area (Å²) < 4.78 is 39.6. The molecule has 0 radical (unpaired) electrons. The zero-order chi connectivity index (χ0) is 14.9. The fraction of sp³-hybridized carbons (Fsp3) is 0.462. The van der Waals surface area contributed by atoms with E-state index in [4.69, 9.17) is 5.26 Å². The molecule has 2 atom stereocenters. The van der Waals surface area contributed by atoms with Crippen molar-refractivity contribution in [2.75, 3.05) is 13.1 Å². The number of aliphatic hydroxyl groups excluding tert-OH is 1. The molecular weight excluding hydrogens is 283 g/mol. The maximum absolute atomic E-state index is 13.5. The van der Waals surface area contributed by atoms with E-state index in [1.165, 1.54) is 16.4 Å². The summed E-state index contributed by atoms with van der Waals surface area (Å²) in [5.41, 5.74) is -0.465. The summed E-state index contributed by atoms with van der Waals surface area (Å²) in [7, 11) is -3.91. The maximum atomic E-state index is 13.5. The van der Waals surface area contributed by atoms with Gasteiger partial charge in [0.15, 0.2) is 0 Å². The molecule has 2 rings (SSSR count). The lowest BCUT2D eigenvalue weighted by Crippen LogP contribution is -2.31. The van der Waals surface area contributed by atoms with Crippen molar-refractivity contribution in [3.05, 3.63) is 29.6 Å². The van der Waals surface area contributed by atoms with Crippen LogP contribution in [0.5, 0.6) is 0 Å². The fourth-order valence-electron chi connectivity index (χ4n) is 2.33. The van der Waals surface area contributed by atoms with Crippen LogP contribution in [0.2, 0.25) is 0 Å². The number of hydrogen-bond donors (Lipinski definition) is 1. The molecule has 20 heavy (non-hydrogen) atoms. The lowest BCUT2D eigenvalue weighted by Gasteiger charge is -2.18. The van der Waals surface area contributed by atoms with Crippen molar-refractivity contribution in [1.29, 1.82) is 5.26 Å². The van der Waals surface area contributed by atoms with Crippen molar-refractivity contribution < 1.29 is 17.9 Å². The van der Waals surface area contributed by atoms with Crippen molar-refractivity contribution in [2.24, 2.45) is 5.92 Å². The molecule has 1 aliphatic rings. The van der Waals surface area contributed by atoms with E-state index < -0.39 is 27.5 Å². The van der Waals surface area contributed by atoms with Gasteiger partial charge in [-0.15, -0.1) is 0 Å². The van der Waals surface area contributed by atoms with Gasteiger partial charge >= 0.3 is 0 Å². The zero-order valence-corrected chi connectivity index (χ0v) is 11.8. The molecule has 2 unspecified atom stereocenters. The van der Waals surface area contributed by atoms with Crippen molar-refractivity contribution in [2.45, 2.75) is 24.3 Å². The van der Waals surface area contributed by atoms with Crippen molar-refractivity contribution in [3.8, 4) is 6.07 Å². The molecule has 108 valence electrons. The van der Waals surface area contributed by atoms with Gasteiger partial charge in [0, 0.05) is 13.1 Å². The van der Waals surface area contributed by atoms with E-state index in [2.05, 4.69) is 0 Å². The third-order valence-corrected chi connectivity index (χ3v) is 5.48. The van der Waals surface area contributed by atoms with E-state index in [-0.39, 0.29) is 23.9 Å². The van der Waals surface area contributed by atoms with Crippen LogP contribution in [-0.2, 0) is 10.0 Å². The van der Waals surface area contributed by atoms with Crippen LogP contribution < -0.4 is 0 Å². The number of benzene rings is 1. The molecule has 1 saturated heterocycles. The average molecular weight is 298 g/mol. The highest BCUT2D eigenvalue weighted by atomic mass is 32.2. The molecule has 1 aromatic rings. The first-order valence-electron chi connectivity index (χ1n) is 6.24. The normalized spacial score (nSPS) is 21.6. The molecule has 0 spiro atoms. The summed E-state index contributed by atoms with van der Waals surface area (Å²) in [6, 6.07) is 5.15. The van der Waals surface area contributed by atoms with Crippen LogP contribution in [-0.4, -0.2) is 37.0 Å². The SMILES string of the molecule is CC(O)C1CCN(S(=O)(=O)c2cccc(F)c2C#N)C1. The summed E-state index contributed by atoms with van der Waals surface area (Å²) in [5, 5.41) is 18.4. The summed E-state index contributed by atoms with van der Waals surface area (Å²) in [6.45, 7) is 2.06.